The van der Waals surface area contributed by atoms with E-state index in [1.165, 1.54) is 0 Å². The number of carbonyl (C=O) groups excluding carboxylic acids is 1. The zero-order chi connectivity index (χ0) is 14.5. The fourth-order valence-electron chi connectivity index (χ4n) is 1.67. The zero-order valence-electron chi connectivity index (χ0n) is 11.5. The van der Waals surface area contributed by atoms with Gasteiger partial charge < -0.3 is 10.4 Å². The van der Waals surface area contributed by atoms with Gasteiger partial charge in [0, 0.05) is 4.88 Å². The lowest BCUT2D eigenvalue weighted by Crippen LogP contribution is -2.53. The Hall–Kier alpha value is -1.40. The number of hydrogen-bond acceptors (Lipinski definition) is 4. The lowest BCUT2D eigenvalue weighted by Gasteiger charge is -2.33. The van der Waals surface area contributed by atoms with E-state index in [4.69, 9.17) is 5.11 Å². The molecular formula is C13H20N2O3S. The van der Waals surface area contributed by atoms with Crippen LogP contribution in [0.4, 0.5) is 0 Å². The van der Waals surface area contributed by atoms with Crippen LogP contribution in [0.5, 0.6) is 0 Å². The van der Waals surface area contributed by atoms with E-state index in [2.05, 4.69) is 5.32 Å². The van der Waals surface area contributed by atoms with Crippen LogP contribution in [0.15, 0.2) is 17.5 Å². The molecule has 19 heavy (non-hydrogen) atoms. The number of carboxylic acids is 1. The molecule has 0 aliphatic heterocycles. The van der Waals surface area contributed by atoms with Gasteiger partial charge >= 0.3 is 5.97 Å². The van der Waals surface area contributed by atoms with Crippen molar-refractivity contribution >= 4 is 23.2 Å². The van der Waals surface area contributed by atoms with Gasteiger partial charge in [-0.25, -0.2) is 0 Å². The summed E-state index contributed by atoms with van der Waals surface area (Å²) in [7, 11) is 0. The van der Waals surface area contributed by atoms with Gasteiger partial charge in [-0.05, 0) is 31.8 Å². The minimum Gasteiger partial charge on any atom is -0.480 e. The molecule has 0 saturated heterocycles. The smallest absolute Gasteiger partial charge is 0.323 e. The molecule has 1 rings (SSSR count). The maximum atomic E-state index is 11.8. The quantitative estimate of drug-likeness (QED) is 0.797. The first kappa shape index (κ1) is 15.7. The van der Waals surface area contributed by atoms with Gasteiger partial charge in [-0.1, -0.05) is 13.0 Å². The number of nitrogens with zero attached hydrogens (tertiary/aromatic N) is 1. The molecule has 0 radical (unpaired) electrons. The van der Waals surface area contributed by atoms with Crippen LogP contribution < -0.4 is 5.32 Å². The van der Waals surface area contributed by atoms with Crippen molar-refractivity contribution in [3.8, 4) is 0 Å². The first-order valence-electron chi connectivity index (χ1n) is 6.15. The highest BCUT2D eigenvalue weighted by Crippen LogP contribution is 2.14. The molecule has 1 aromatic heterocycles. The first-order valence-corrected chi connectivity index (χ1v) is 7.03. The van der Waals surface area contributed by atoms with Crippen LogP contribution in [0.2, 0.25) is 0 Å². The summed E-state index contributed by atoms with van der Waals surface area (Å²) in [6.45, 7) is 6.13. The molecule has 1 heterocycles. The van der Waals surface area contributed by atoms with Crippen molar-refractivity contribution in [2.24, 2.45) is 0 Å². The van der Waals surface area contributed by atoms with Gasteiger partial charge in [0.1, 0.15) is 5.54 Å². The molecule has 106 valence electrons. The molecule has 0 aliphatic carbocycles. The summed E-state index contributed by atoms with van der Waals surface area (Å²) in [4.78, 5) is 25.7. The largest absolute Gasteiger partial charge is 0.480 e. The van der Waals surface area contributed by atoms with E-state index >= 15 is 0 Å². The summed E-state index contributed by atoms with van der Waals surface area (Å²) in [5, 5.41) is 13.9. The normalized spacial score (nSPS) is 11.6. The molecule has 2 N–H and O–H groups in total. The number of likely N-dealkylation sites (N-methyl/N-ethyl adjacent to an activating group) is 1. The van der Waals surface area contributed by atoms with E-state index in [-0.39, 0.29) is 12.5 Å². The van der Waals surface area contributed by atoms with Crippen molar-refractivity contribution in [2.45, 2.75) is 32.9 Å². The Morgan fingerprint density at radius 2 is 2.16 bits per heavy atom. The van der Waals surface area contributed by atoms with Crippen molar-refractivity contribution in [3.63, 3.8) is 0 Å². The lowest BCUT2D eigenvalue weighted by atomic mass is 10.0. The van der Waals surface area contributed by atoms with Gasteiger partial charge in [-0.3, -0.25) is 14.5 Å². The Bertz CT molecular complexity index is 429. The minimum atomic E-state index is -1.05. The molecule has 0 atom stereocenters. The molecule has 1 amide bonds. The molecule has 0 bridgehead atoms. The van der Waals surface area contributed by atoms with Crippen LogP contribution in [0, 0.1) is 0 Å². The van der Waals surface area contributed by atoms with Gasteiger partial charge in [-0.15, -0.1) is 11.3 Å². The summed E-state index contributed by atoms with van der Waals surface area (Å²) in [6.07, 6.45) is 0. The third kappa shape index (κ3) is 4.33. The Morgan fingerprint density at radius 3 is 2.63 bits per heavy atom. The molecule has 0 saturated carbocycles. The summed E-state index contributed by atoms with van der Waals surface area (Å²) in [6, 6.07) is 3.88. The second-order valence-electron chi connectivity index (χ2n) is 4.73. The highest BCUT2D eigenvalue weighted by molar-refractivity contribution is 7.09. The average Bonchev–Trinajstić information content (AvgIpc) is 2.86. The van der Waals surface area contributed by atoms with Crippen molar-refractivity contribution in [3.05, 3.63) is 22.4 Å². The van der Waals surface area contributed by atoms with Crippen molar-refractivity contribution in [2.75, 3.05) is 13.1 Å². The fraction of sp³-hybridized carbons (Fsp3) is 0.538. The Labute approximate surface area is 117 Å². The second-order valence-corrected chi connectivity index (χ2v) is 5.77. The van der Waals surface area contributed by atoms with E-state index < -0.39 is 11.5 Å². The molecule has 6 heteroatoms. The highest BCUT2D eigenvalue weighted by Gasteiger charge is 2.34. The van der Waals surface area contributed by atoms with Gasteiger partial charge in [-0.2, -0.15) is 0 Å². The van der Waals surface area contributed by atoms with Crippen LogP contribution in [0.3, 0.4) is 0 Å². The van der Waals surface area contributed by atoms with Gasteiger partial charge in [0.2, 0.25) is 5.91 Å². The van der Waals surface area contributed by atoms with Crippen LogP contribution in [-0.2, 0) is 16.1 Å². The van der Waals surface area contributed by atoms with Crippen molar-refractivity contribution in [1.82, 2.24) is 10.2 Å². The van der Waals surface area contributed by atoms with E-state index in [0.29, 0.717) is 13.1 Å². The first-order chi connectivity index (χ1) is 8.87. The molecule has 1 aromatic rings. The minimum absolute atomic E-state index is 0.0845. The number of carboxylic acid groups (broad SMARTS) is 1. The molecule has 0 aromatic carbocycles. The standard InChI is InChI=1S/C13H20N2O3S/c1-4-15(13(2,3)12(17)18)9-11(16)14-8-10-6-5-7-19-10/h5-7H,4,8-9H2,1-3H3,(H,14,16)(H,17,18). The number of amides is 1. The SMILES string of the molecule is CCN(CC(=O)NCc1cccs1)C(C)(C)C(=O)O. The predicted octanol–water partition coefficient (Wildman–Crippen LogP) is 1.55. The molecule has 5 nitrogen and oxygen atoms in total. The third-order valence-electron chi connectivity index (χ3n) is 3.07. The monoisotopic (exact) mass is 284 g/mol. The van der Waals surface area contributed by atoms with Crippen LogP contribution in [-0.4, -0.2) is 40.5 Å². The lowest BCUT2D eigenvalue weighted by molar-refractivity contribution is -0.150. The highest BCUT2D eigenvalue weighted by atomic mass is 32.1. The zero-order valence-corrected chi connectivity index (χ0v) is 12.3. The van der Waals surface area contributed by atoms with Gasteiger partial charge in [0.15, 0.2) is 0 Å². The van der Waals surface area contributed by atoms with E-state index in [0.717, 1.165) is 4.88 Å². The number of carbonyl (C=O) groups is 2. The van der Waals surface area contributed by atoms with E-state index in [1.54, 1.807) is 30.1 Å². The van der Waals surface area contributed by atoms with E-state index in [9.17, 15) is 9.59 Å². The van der Waals surface area contributed by atoms with Gasteiger partial charge in [0.25, 0.3) is 0 Å². The molecule has 0 unspecified atom stereocenters. The van der Waals surface area contributed by atoms with Crippen molar-refractivity contribution < 1.29 is 14.7 Å². The Kier molecular flexibility index (Phi) is 5.50. The number of rotatable bonds is 7. The topological polar surface area (TPSA) is 69.6 Å². The summed E-state index contributed by atoms with van der Waals surface area (Å²) in [5.74, 6) is -1.09. The molecule has 0 spiro atoms. The average molecular weight is 284 g/mol. The predicted molar refractivity (Wildman–Crippen MR) is 75.1 cm³/mol. The summed E-state index contributed by atoms with van der Waals surface area (Å²) < 4.78 is 0. The van der Waals surface area contributed by atoms with Crippen LogP contribution >= 0.6 is 11.3 Å². The summed E-state index contributed by atoms with van der Waals surface area (Å²) >= 11 is 1.58. The molecule has 0 aliphatic rings. The van der Waals surface area contributed by atoms with E-state index in [1.807, 2.05) is 24.4 Å². The van der Waals surface area contributed by atoms with Gasteiger partial charge in [0.05, 0.1) is 13.1 Å². The summed E-state index contributed by atoms with van der Waals surface area (Å²) in [5.41, 5.74) is -1.05. The number of hydrogen-bond donors (Lipinski definition) is 2. The number of aliphatic carboxylic acids is 1. The van der Waals surface area contributed by atoms with Crippen molar-refractivity contribution in [1.29, 1.82) is 0 Å². The Morgan fingerprint density at radius 1 is 1.47 bits per heavy atom. The number of nitrogens with one attached hydrogen (secondary N) is 1. The maximum absolute atomic E-state index is 11.8. The molecular weight excluding hydrogens is 264 g/mol. The fourth-order valence-corrected chi connectivity index (χ4v) is 2.31. The number of thiophene rings is 1. The maximum Gasteiger partial charge on any atom is 0.323 e. The molecule has 0 fully saturated rings. The third-order valence-corrected chi connectivity index (χ3v) is 3.95. The Balaban J connectivity index is 2.51. The van der Waals surface area contributed by atoms with Crippen LogP contribution in [0.1, 0.15) is 25.6 Å². The second kappa shape index (κ2) is 6.68. The van der Waals surface area contributed by atoms with Crippen LogP contribution in [0.25, 0.3) is 0 Å².